The smallest absolute Gasteiger partial charge is 0.131 e. The number of hydrogen-bond donors (Lipinski definition) is 0. The number of aryl methyl sites for hydroxylation is 1. The van der Waals surface area contributed by atoms with Gasteiger partial charge in [-0.15, -0.1) is 0 Å². The predicted octanol–water partition coefficient (Wildman–Crippen LogP) is 4.89. The topological polar surface area (TPSA) is 33.2 Å². The molecule has 5 heteroatoms. The van der Waals surface area contributed by atoms with E-state index in [2.05, 4.69) is 24.0 Å². The van der Waals surface area contributed by atoms with Gasteiger partial charge in [-0.05, 0) is 43.7 Å². The fourth-order valence-corrected chi connectivity index (χ4v) is 4.99. The molecule has 0 N–H and O–H groups in total. The normalized spacial score (nSPS) is 20.4. The van der Waals surface area contributed by atoms with Gasteiger partial charge in [-0.1, -0.05) is 41.4 Å². The molecule has 0 spiro atoms. The van der Waals surface area contributed by atoms with Gasteiger partial charge in [-0.3, -0.25) is 4.21 Å². The van der Waals surface area contributed by atoms with Crippen molar-refractivity contribution in [1.29, 1.82) is 0 Å². The lowest BCUT2D eigenvalue weighted by Crippen LogP contribution is -2.29. The van der Waals surface area contributed by atoms with Gasteiger partial charge in [-0.25, -0.2) is 4.98 Å². The Hall–Kier alpha value is -1.91. The highest BCUT2D eigenvalue weighted by Crippen LogP contribution is 2.35. The van der Waals surface area contributed by atoms with Gasteiger partial charge in [0.25, 0.3) is 0 Å². The van der Waals surface area contributed by atoms with Crippen LogP contribution in [0.4, 0.5) is 5.82 Å². The number of benzene rings is 2. The van der Waals surface area contributed by atoms with Gasteiger partial charge in [0.1, 0.15) is 5.82 Å². The van der Waals surface area contributed by atoms with Crippen molar-refractivity contribution in [2.24, 2.45) is 0 Å². The van der Waals surface area contributed by atoms with E-state index in [9.17, 15) is 4.21 Å². The second-order valence-electron chi connectivity index (χ2n) is 6.44. The molecule has 2 atom stereocenters. The second kappa shape index (κ2) is 6.43. The molecule has 0 fully saturated rings. The lowest BCUT2D eigenvalue weighted by molar-refractivity contribution is 0.679. The summed E-state index contributed by atoms with van der Waals surface area (Å²) < 4.78 is 12.6. The maximum atomic E-state index is 12.6. The fourth-order valence-electron chi connectivity index (χ4n) is 3.43. The van der Waals surface area contributed by atoms with Crippen LogP contribution < -0.4 is 4.90 Å². The van der Waals surface area contributed by atoms with Gasteiger partial charge in [0, 0.05) is 22.6 Å². The fraction of sp³-hybridized carbons (Fsp3) is 0.250. The molecule has 1 aromatic heterocycles. The second-order valence-corrected chi connectivity index (χ2v) is 8.39. The highest BCUT2D eigenvalue weighted by molar-refractivity contribution is 7.85. The molecule has 0 bridgehead atoms. The molecule has 25 heavy (non-hydrogen) atoms. The third-order valence-electron chi connectivity index (χ3n) is 4.79. The molecule has 128 valence electrons. The third-order valence-corrected chi connectivity index (χ3v) is 6.52. The van der Waals surface area contributed by atoms with Crippen LogP contribution in [0.3, 0.4) is 0 Å². The predicted molar refractivity (Wildman–Crippen MR) is 105 cm³/mol. The van der Waals surface area contributed by atoms with E-state index in [1.54, 1.807) is 0 Å². The summed E-state index contributed by atoms with van der Waals surface area (Å²) >= 11 is 6.54. The highest BCUT2D eigenvalue weighted by Gasteiger charge is 2.26. The summed E-state index contributed by atoms with van der Waals surface area (Å²) in [5.41, 5.74) is 3.15. The van der Waals surface area contributed by atoms with Gasteiger partial charge in [0.15, 0.2) is 0 Å². The summed E-state index contributed by atoms with van der Waals surface area (Å²) in [6.07, 6.45) is 0. The van der Waals surface area contributed by atoms with Crippen molar-refractivity contribution < 1.29 is 4.21 Å². The first-order chi connectivity index (χ1) is 12.0. The Kier molecular flexibility index (Phi) is 4.26. The van der Waals surface area contributed by atoms with E-state index < -0.39 is 10.8 Å². The monoisotopic (exact) mass is 370 g/mol. The van der Waals surface area contributed by atoms with Crippen LogP contribution in [-0.2, 0) is 10.8 Å². The number of halogens is 1. The Morgan fingerprint density at radius 2 is 2.00 bits per heavy atom. The first-order valence-corrected chi connectivity index (χ1v) is 10.0. The molecule has 3 aromatic rings. The number of anilines is 1. The van der Waals surface area contributed by atoms with Crippen LogP contribution in [0.25, 0.3) is 10.9 Å². The molecule has 0 radical (unpaired) electrons. The molecule has 4 rings (SSSR count). The van der Waals surface area contributed by atoms with E-state index in [0.717, 1.165) is 32.7 Å². The van der Waals surface area contributed by atoms with Crippen molar-refractivity contribution in [2.45, 2.75) is 24.8 Å². The minimum atomic E-state index is -0.986. The van der Waals surface area contributed by atoms with Crippen molar-refractivity contribution in [3.8, 4) is 0 Å². The first-order valence-electron chi connectivity index (χ1n) is 8.35. The van der Waals surface area contributed by atoms with Crippen LogP contribution in [0.1, 0.15) is 24.1 Å². The summed E-state index contributed by atoms with van der Waals surface area (Å²) in [5, 5.41) is 1.67. The average molecular weight is 371 g/mol. The molecule has 0 saturated heterocycles. The molecule has 2 unspecified atom stereocenters. The van der Waals surface area contributed by atoms with Gasteiger partial charge in [0.05, 0.1) is 27.4 Å². The Balaban J connectivity index is 1.83. The summed E-state index contributed by atoms with van der Waals surface area (Å²) in [6, 6.07) is 16.1. The third kappa shape index (κ3) is 2.94. The van der Waals surface area contributed by atoms with Gasteiger partial charge < -0.3 is 4.90 Å². The number of hydrogen-bond acceptors (Lipinski definition) is 3. The minimum Gasteiger partial charge on any atom is -0.349 e. The summed E-state index contributed by atoms with van der Waals surface area (Å²) in [5.74, 6) is 1.43. The van der Waals surface area contributed by atoms with Crippen molar-refractivity contribution in [1.82, 2.24) is 4.98 Å². The van der Waals surface area contributed by atoms with Gasteiger partial charge in [0.2, 0.25) is 0 Å². The lowest BCUT2D eigenvalue weighted by atomic mass is 10.1. The average Bonchev–Trinajstić information content (AvgIpc) is 2.73. The number of aromatic nitrogens is 1. The highest BCUT2D eigenvalue weighted by atomic mass is 35.5. The molecule has 2 aromatic carbocycles. The van der Waals surface area contributed by atoms with Crippen molar-refractivity contribution >= 4 is 39.1 Å². The Labute approximate surface area is 155 Å². The minimum absolute atomic E-state index is 0.0918. The molecule has 1 aliphatic rings. The van der Waals surface area contributed by atoms with E-state index in [1.807, 2.05) is 43.3 Å². The van der Waals surface area contributed by atoms with Crippen molar-refractivity contribution in [3.05, 3.63) is 64.7 Å². The van der Waals surface area contributed by atoms with E-state index >= 15 is 0 Å². The maximum absolute atomic E-state index is 12.6. The van der Waals surface area contributed by atoms with Gasteiger partial charge in [-0.2, -0.15) is 0 Å². The molecule has 3 nitrogen and oxygen atoms in total. The number of pyridine rings is 1. The molecule has 1 aliphatic heterocycles. The number of nitrogens with zero attached hydrogens (tertiary/aromatic N) is 2. The van der Waals surface area contributed by atoms with E-state index in [-0.39, 0.29) is 6.04 Å². The SMILES string of the molecule is Cc1ccc2nc(N3CCS(=O)c4ccccc4C3C)cc(Cl)c2c1. The van der Waals surface area contributed by atoms with Crippen LogP contribution in [-0.4, -0.2) is 21.5 Å². The largest absolute Gasteiger partial charge is 0.349 e. The molecule has 0 aliphatic carbocycles. The van der Waals surface area contributed by atoms with E-state index in [0.29, 0.717) is 17.3 Å². The van der Waals surface area contributed by atoms with Gasteiger partial charge >= 0.3 is 0 Å². The van der Waals surface area contributed by atoms with E-state index in [1.165, 1.54) is 0 Å². The van der Waals surface area contributed by atoms with E-state index in [4.69, 9.17) is 16.6 Å². The molecular formula is C20H19ClN2OS. The Morgan fingerprint density at radius 1 is 1.20 bits per heavy atom. The molecule has 0 amide bonds. The molecular weight excluding hydrogens is 352 g/mol. The Bertz CT molecular complexity index is 989. The zero-order valence-corrected chi connectivity index (χ0v) is 15.8. The van der Waals surface area contributed by atoms with Crippen molar-refractivity contribution in [3.63, 3.8) is 0 Å². The Morgan fingerprint density at radius 3 is 2.84 bits per heavy atom. The molecule has 2 heterocycles. The van der Waals surface area contributed by atoms with Crippen LogP contribution in [0.5, 0.6) is 0 Å². The maximum Gasteiger partial charge on any atom is 0.131 e. The van der Waals surface area contributed by atoms with Crippen LogP contribution >= 0.6 is 11.6 Å². The number of rotatable bonds is 1. The lowest BCUT2D eigenvalue weighted by Gasteiger charge is -2.29. The first kappa shape index (κ1) is 16.6. The van der Waals surface area contributed by atoms with Crippen LogP contribution in [0.15, 0.2) is 53.4 Å². The summed E-state index contributed by atoms with van der Waals surface area (Å²) in [6.45, 7) is 4.87. The van der Waals surface area contributed by atoms with Crippen molar-refractivity contribution in [2.75, 3.05) is 17.2 Å². The zero-order valence-electron chi connectivity index (χ0n) is 14.2. The zero-order chi connectivity index (χ0) is 17.6. The quantitative estimate of drug-likeness (QED) is 0.611. The van der Waals surface area contributed by atoms with Crippen LogP contribution in [0, 0.1) is 6.92 Å². The van der Waals surface area contributed by atoms with Crippen LogP contribution in [0.2, 0.25) is 5.02 Å². The summed E-state index contributed by atoms with van der Waals surface area (Å²) in [4.78, 5) is 7.97. The standard InChI is InChI=1S/C20H19ClN2OS/c1-13-7-8-18-16(11-13)17(21)12-20(22-18)23-9-10-25(24)19-6-4-3-5-15(19)14(23)2/h3-8,11-12,14H,9-10H2,1-2H3. The summed E-state index contributed by atoms with van der Waals surface area (Å²) in [7, 11) is -0.986. The molecule has 0 saturated carbocycles. The number of fused-ring (bicyclic) bond motifs is 2.